The SMILES string of the molecule is N#Cc1cccc(-c2ccc(-c3ccc(-c4ccc(-c5cc(-c6ccccc6)cc(-c6ccccc6)c5)cc4)c4ccccc34)cc2)c1. The van der Waals surface area contributed by atoms with Crippen molar-refractivity contribution in [1.82, 2.24) is 0 Å². The van der Waals surface area contributed by atoms with Crippen molar-refractivity contribution < 1.29 is 0 Å². The van der Waals surface area contributed by atoms with Crippen molar-refractivity contribution >= 4 is 10.8 Å². The minimum atomic E-state index is 0.670. The second-order valence-corrected chi connectivity index (χ2v) is 12.1. The molecule has 0 unspecified atom stereocenters. The highest BCUT2D eigenvalue weighted by atomic mass is 14.2. The fraction of sp³-hybridized carbons (Fsp3) is 0. The molecule has 0 N–H and O–H groups in total. The molecule has 224 valence electrons. The van der Waals surface area contributed by atoms with Crippen LogP contribution in [0.15, 0.2) is 188 Å². The van der Waals surface area contributed by atoms with E-state index in [0.29, 0.717) is 5.56 Å². The van der Waals surface area contributed by atoms with Gasteiger partial charge in [0.15, 0.2) is 0 Å². The van der Waals surface area contributed by atoms with E-state index < -0.39 is 0 Å². The van der Waals surface area contributed by atoms with Gasteiger partial charge in [-0.05, 0) is 108 Å². The first-order chi connectivity index (χ1) is 23.7. The first-order valence-electron chi connectivity index (χ1n) is 16.2. The van der Waals surface area contributed by atoms with Crippen LogP contribution in [0.25, 0.3) is 77.5 Å². The van der Waals surface area contributed by atoms with Gasteiger partial charge in [0.25, 0.3) is 0 Å². The molecular weight excluding hydrogens is 579 g/mol. The molecule has 8 aromatic carbocycles. The van der Waals surface area contributed by atoms with Gasteiger partial charge < -0.3 is 0 Å². The molecule has 0 saturated heterocycles. The average molecular weight is 610 g/mol. The van der Waals surface area contributed by atoms with Gasteiger partial charge in [0.1, 0.15) is 0 Å². The Kier molecular flexibility index (Phi) is 7.67. The molecule has 48 heavy (non-hydrogen) atoms. The summed E-state index contributed by atoms with van der Waals surface area (Å²) in [5.41, 5.74) is 14.8. The molecule has 0 aliphatic rings. The Morgan fingerprint density at radius 2 is 0.646 bits per heavy atom. The lowest BCUT2D eigenvalue weighted by molar-refractivity contribution is 1.48. The maximum atomic E-state index is 9.32. The zero-order valence-corrected chi connectivity index (χ0v) is 26.3. The average Bonchev–Trinajstić information content (AvgIpc) is 3.18. The highest BCUT2D eigenvalue weighted by Gasteiger charge is 2.12. The molecule has 8 rings (SSSR count). The summed E-state index contributed by atoms with van der Waals surface area (Å²) < 4.78 is 0. The van der Waals surface area contributed by atoms with Crippen LogP contribution in [0.5, 0.6) is 0 Å². The van der Waals surface area contributed by atoms with Crippen LogP contribution in [-0.2, 0) is 0 Å². The molecule has 0 aliphatic heterocycles. The number of benzene rings is 8. The van der Waals surface area contributed by atoms with Gasteiger partial charge in [-0.25, -0.2) is 0 Å². The van der Waals surface area contributed by atoms with Crippen molar-refractivity contribution in [1.29, 1.82) is 5.26 Å². The van der Waals surface area contributed by atoms with E-state index in [4.69, 9.17) is 0 Å². The van der Waals surface area contributed by atoms with Crippen LogP contribution in [0.4, 0.5) is 0 Å². The summed E-state index contributed by atoms with van der Waals surface area (Å²) in [4.78, 5) is 0. The maximum absolute atomic E-state index is 9.32. The van der Waals surface area contributed by atoms with Crippen LogP contribution >= 0.6 is 0 Å². The molecule has 0 fully saturated rings. The molecule has 0 radical (unpaired) electrons. The molecule has 0 aromatic heterocycles. The number of fused-ring (bicyclic) bond motifs is 1. The second kappa shape index (κ2) is 12.7. The van der Waals surface area contributed by atoms with E-state index in [0.717, 1.165) is 11.1 Å². The van der Waals surface area contributed by atoms with Crippen LogP contribution in [0, 0.1) is 11.3 Å². The van der Waals surface area contributed by atoms with Gasteiger partial charge in [-0.3, -0.25) is 0 Å². The number of hydrogen-bond donors (Lipinski definition) is 0. The highest BCUT2D eigenvalue weighted by molar-refractivity contribution is 6.05. The summed E-state index contributed by atoms with van der Waals surface area (Å²) in [6.45, 7) is 0. The minimum absolute atomic E-state index is 0.670. The van der Waals surface area contributed by atoms with E-state index in [2.05, 4.69) is 170 Å². The van der Waals surface area contributed by atoms with E-state index in [-0.39, 0.29) is 0 Å². The molecule has 8 aromatic rings. The van der Waals surface area contributed by atoms with E-state index in [9.17, 15) is 5.26 Å². The fourth-order valence-electron chi connectivity index (χ4n) is 6.64. The van der Waals surface area contributed by atoms with Crippen molar-refractivity contribution in [2.75, 3.05) is 0 Å². The number of nitriles is 1. The maximum Gasteiger partial charge on any atom is 0.0991 e. The van der Waals surface area contributed by atoms with E-state index in [1.807, 2.05) is 24.3 Å². The molecule has 0 heterocycles. The molecule has 0 atom stereocenters. The Morgan fingerprint density at radius 3 is 1.10 bits per heavy atom. The Morgan fingerprint density at radius 1 is 0.271 bits per heavy atom. The summed E-state index contributed by atoms with van der Waals surface area (Å²) in [6.07, 6.45) is 0. The predicted molar refractivity (Wildman–Crippen MR) is 201 cm³/mol. The van der Waals surface area contributed by atoms with Gasteiger partial charge >= 0.3 is 0 Å². The molecule has 1 nitrogen and oxygen atoms in total. The summed E-state index contributed by atoms with van der Waals surface area (Å²) in [5.74, 6) is 0. The zero-order valence-electron chi connectivity index (χ0n) is 26.3. The molecule has 0 aliphatic carbocycles. The third-order valence-electron chi connectivity index (χ3n) is 9.12. The van der Waals surface area contributed by atoms with Crippen molar-refractivity contribution in [3.63, 3.8) is 0 Å². The fourth-order valence-corrected chi connectivity index (χ4v) is 6.64. The van der Waals surface area contributed by atoms with Crippen LogP contribution in [0.2, 0.25) is 0 Å². The summed E-state index contributed by atoms with van der Waals surface area (Å²) in [5, 5.41) is 11.8. The summed E-state index contributed by atoms with van der Waals surface area (Å²) in [7, 11) is 0. The molecule has 1 heteroatoms. The lowest BCUT2D eigenvalue weighted by atomic mass is 9.90. The summed E-state index contributed by atoms with van der Waals surface area (Å²) in [6, 6.07) is 68.9. The normalized spacial score (nSPS) is 10.9. The quantitative estimate of drug-likeness (QED) is 0.184. The van der Waals surface area contributed by atoms with Crippen LogP contribution in [0.3, 0.4) is 0 Å². The molecule has 0 saturated carbocycles. The Hall–Kier alpha value is -6.49. The largest absolute Gasteiger partial charge is 0.192 e. The van der Waals surface area contributed by atoms with Gasteiger partial charge in [0, 0.05) is 0 Å². The van der Waals surface area contributed by atoms with Crippen molar-refractivity contribution in [2.45, 2.75) is 0 Å². The van der Waals surface area contributed by atoms with Crippen LogP contribution in [0.1, 0.15) is 5.56 Å². The molecule has 0 amide bonds. The second-order valence-electron chi connectivity index (χ2n) is 12.1. The predicted octanol–water partition coefficient (Wildman–Crippen LogP) is 12.7. The Bertz CT molecular complexity index is 2360. The Balaban J connectivity index is 1.15. The monoisotopic (exact) mass is 609 g/mol. The highest BCUT2D eigenvalue weighted by Crippen LogP contribution is 2.38. The number of nitrogens with zero attached hydrogens (tertiary/aromatic N) is 1. The minimum Gasteiger partial charge on any atom is -0.192 e. The number of hydrogen-bond acceptors (Lipinski definition) is 1. The smallest absolute Gasteiger partial charge is 0.0991 e. The number of rotatable bonds is 6. The van der Waals surface area contributed by atoms with E-state index in [1.165, 1.54) is 66.4 Å². The third kappa shape index (κ3) is 5.69. The summed E-state index contributed by atoms with van der Waals surface area (Å²) >= 11 is 0. The first kappa shape index (κ1) is 28.9. The van der Waals surface area contributed by atoms with Gasteiger partial charge in [-0.1, -0.05) is 158 Å². The van der Waals surface area contributed by atoms with Gasteiger partial charge in [0.05, 0.1) is 11.6 Å². The lowest BCUT2D eigenvalue weighted by Gasteiger charge is -2.14. The van der Waals surface area contributed by atoms with Crippen LogP contribution < -0.4 is 0 Å². The Labute approximate surface area is 281 Å². The van der Waals surface area contributed by atoms with E-state index >= 15 is 0 Å². The molecule has 0 bridgehead atoms. The van der Waals surface area contributed by atoms with Crippen LogP contribution in [-0.4, -0.2) is 0 Å². The molecule has 0 spiro atoms. The zero-order chi connectivity index (χ0) is 32.3. The van der Waals surface area contributed by atoms with Crippen molar-refractivity contribution in [3.05, 3.63) is 194 Å². The first-order valence-corrected chi connectivity index (χ1v) is 16.2. The van der Waals surface area contributed by atoms with Crippen molar-refractivity contribution in [3.8, 4) is 72.8 Å². The van der Waals surface area contributed by atoms with E-state index in [1.54, 1.807) is 0 Å². The third-order valence-corrected chi connectivity index (χ3v) is 9.12. The standard InChI is InChI=1S/C47H31N/c48-32-33-10-9-15-40(28-33)36-18-22-38(23-19-36)44-26-27-45(47-17-8-7-16-46(44)47)39-24-20-37(21-25-39)43-30-41(34-11-3-1-4-12-34)29-42(31-43)35-13-5-2-6-14-35/h1-31H. The van der Waals surface area contributed by atoms with Gasteiger partial charge in [-0.2, -0.15) is 5.26 Å². The van der Waals surface area contributed by atoms with Gasteiger partial charge in [-0.15, -0.1) is 0 Å². The van der Waals surface area contributed by atoms with Gasteiger partial charge in [0.2, 0.25) is 0 Å². The molecular formula is C47H31N. The lowest BCUT2D eigenvalue weighted by Crippen LogP contribution is -1.88. The van der Waals surface area contributed by atoms with Crippen molar-refractivity contribution in [2.24, 2.45) is 0 Å². The topological polar surface area (TPSA) is 23.8 Å².